The number of amides is 2. The number of methoxy groups -OCH3 is 2. The Morgan fingerprint density at radius 1 is 0.793 bits per heavy atom. The predicted octanol–water partition coefficient (Wildman–Crippen LogP) is 3.89. The third-order valence-corrected chi connectivity index (χ3v) is 4.34. The Balaban J connectivity index is 1.70. The minimum absolute atomic E-state index is 0.245. The molecular weight excluding hydrogens is 368 g/mol. The summed E-state index contributed by atoms with van der Waals surface area (Å²) < 4.78 is 10.5. The van der Waals surface area contributed by atoms with Crippen LogP contribution in [0.2, 0.25) is 0 Å². The maximum absolute atomic E-state index is 12.7. The highest BCUT2D eigenvalue weighted by Gasteiger charge is 2.13. The molecule has 3 aromatic rings. The van der Waals surface area contributed by atoms with E-state index in [0.29, 0.717) is 34.9 Å². The molecule has 0 aliphatic carbocycles. The van der Waals surface area contributed by atoms with Crippen LogP contribution in [0.5, 0.6) is 11.5 Å². The van der Waals surface area contributed by atoms with Gasteiger partial charge < -0.3 is 20.1 Å². The van der Waals surface area contributed by atoms with E-state index in [1.807, 2.05) is 30.3 Å². The van der Waals surface area contributed by atoms with Crippen molar-refractivity contribution in [1.29, 1.82) is 0 Å². The summed E-state index contributed by atoms with van der Waals surface area (Å²) in [5, 5.41) is 5.66. The molecule has 0 aliphatic heterocycles. The standard InChI is InChI=1S/C23H22N2O4/c1-28-19-11-12-20(21(14-19)29-2)25-23(27)18-10-6-9-17(13-18)22(26)24-15-16-7-4-3-5-8-16/h3-14H,15H2,1-2H3,(H,24,26)(H,25,27). The normalized spacial score (nSPS) is 10.1. The third kappa shape index (κ3) is 5.13. The lowest BCUT2D eigenvalue weighted by Gasteiger charge is -2.12. The molecule has 0 spiro atoms. The van der Waals surface area contributed by atoms with Crippen LogP contribution < -0.4 is 20.1 Å². The van der Waals surface area contributed by atoms with Crippen molar-refractivity contribution in [2.45, 2.75) is 6.54 Å². The van der Waals surface area contributed by atoms with Gasteiger partial charge in [0.1, 0.15) is 11.5 Å². The highest BCUT2D eigenvalue weighted by Crippen LogP contribution is 2.29. The lowest BCUT2D eigenvalue weighted by atomic mass is 10.1. The average Bonchev–Trinajstić information content (AvgIpc) is 2.78. The van der Waals surface area contributed by atoms with Crippen LogP contribution in [0.4, 0.5) is 5.69 Å². The highest BCUT2D eigenvalue weighted by atomic mass is 16.5. The monoisotopic (exact) mass is 390 g/mol. The second kappa shape index (κ2) is 9.41. The van der Waals surface area contributed by atoms with Crippen LogP contribution in [0.1, 0.15) is 26.3 Å². The fourth-order valence-electron chi connectivity index (χ4n) is 2.78. The van der Waals surface area contributed by atoms with Crippen LogP contribution >= 0.6 is 0 Å². The Bertz CT molecular complexity index is 1000. The molecule has 0 aliphatic rings. The molecule has 3 rings (SSSR count). The minimum atomic E-state index is -0.342. The van der Waals surface area contributed by atoms with Crippen molar-refractivity contribution < 1.29 is 19.1 Å². The number of nitrogens with one attached hydrogen (secondary N) is 2. The van der Waals surface area contributed by atoms with Crippen molar-refractivity contribution >= 4 is 17.5 Å². The van der Waals surface area contributed by atoms with Gasteiger partial charge in [-0.3, -0.25) is 9.59 Å². The van der Waals surface area contributed by atoms with E-state index in [9.17, 15) is 9.59 Å². The Kier molecular flexibility index (Phi) is 6.47. The Labute approximate surface area is 169 Å². The van der Waals surface area contributed by atoms with Gasteiger partial charge in [0.15, 0.2) is 0 Å². The average molecular weight is 390 g/mol. The van der Waals surface area contributed by atoms with Gasteiger partial charge in [0.2, 0.25) is 0 Å². The minimum Gasteiger partial charge on any atom is -0.497 e. The second-order valence-corrected chi connectivity index (χ2v) is 6.27. The molecule has 0 unspecified atom stereocenters. The number of rotatable bonds is 7. The molecular formula is C23H22N2O4. The van der Waals surface area contributed by atoms with Gasteiger partial charge in [-0.1, -0.05) is 36.4 Å². The molecule has 2 N–H and O–H groups in total. The topological polar surface area (TPSA) is 76.7 Å². The molecule has 0 saturated carbocycles. The molecule has 0 heterocycles. The summed E-state index contributed by atoms with van der Waals surface area (Å²) in [6.07, 6.45) is 0. The number of anilines is 1. The summed E-state index contributed by atoms with van der Waals surface area (Å²) in [4.78, 5) is 25.1. The Hall–Kier alpha value is -3.80. The van der Waals surface area contributed by atoms with Gasteiger partial charge in [-0.15, -0.1) is 0 Å². The lowest BCUT2D eigenvalue weighted by Crippen LogP contribution is -2.23. The molecule has 2 amide bonds. The van der Waals surface area contributed by atoms with Crippen LogP contribution in [-0.4, -0.2) is 26.0 Å². The first-order chi connectivity index (χ1) is 14.1. The number of carbonyl (C=O) groups is 2. The summed E-state index contributed by atoms with van der Waals surface area (Å²) >= 11 is 0. The van der Waals surface area contributed by atoms with Crippen molar-refractivity contribution in [1.82, 2.24) is 5.32 Å². The zero-order valence-electron chi connectivity index (χ0n) is 16.3. The molecule has 148 valence electrons. The smallest absolute Gasteiger partial charge is 0.255 e. The fourth-order valence-corrected chi connectivity index (χ4v) is 2.78. The molecule has 0 radical (unpaired) electrons. The van der Waals surface area contributed by atoms with Crippen LogP contribution in [0, 0.1) is 0 Å². The first-order valence-electron chi connectivity index (χ1n) is 9.06. The fraction of sp³-hybridized carbons (Fsp3) is 0.130. The van der Waals surface area contributed by atoms with E-state index in [-0.39, 0.29) is 11.8 Å². The SMILES string of the molecule is COc1ccc(NC(=O)c2cccc(C(=O)NCc3ccccc3)c2)c(OC)c1. The van der Waals surface area contributed by atoms with E-state index in [1.165, 1.54) is 7.11 Å². The number of ether oxygens (including phenoxy) is 2. The van der Waals surface area contributed by atoms with Crippen molar-refractivity contribution in [3.63, 3.8) is 0 Å². The van der Waals surface area contributed by atoms with E-state index < -0.39 is 0 Å². The lowest BCUT2D eigenvalue weighted by molar-refractivity contribution is 0.0951. The maximum atomic E-state index is 12.7. The van der Waals surface area contributed by atoms with Gasteiger partial charge in [0.05, 0.1) is 19.9 Å². The second-order valence-electron chi connectivity index (χ2n) is 6.27. The van der Waals surface area contributed by atoms with Gasteiger partial charge >= 0.3 is 0 Å². The number of carbonyl (C=O) groups excluding carboxylic acids is 2. The largest absolute Gasteiger partial charge is 0.497 e. The molecule has 0 atom stereocenters. The van der Waals surface area contributed by atoms with E-state index in [1.54, 1.807) is 49.6 Å². The zero-order chi connectivity index (χ0) is 20.6. The third-order valence-electron chi connectivity index (χ3n) is 4.34. The quantitative estimate of drug-likeness (QED) is 0.642. The number of benzene rings is 3. The Morgan fingerprint density at radius 2 is 1.52 bits per heavy atom. The number of hydrogen-bond donors (Lipinski definition) is 2. The number of hydrogen-bond acceptors (Lipinski definition) is 4. The van der Waals surface area contributed by atoms with Gasteiger partial charge in [-0.2, -0.15) is 0 Å². The summed E-state index contributed by atoms with van der Waals surface area (Å²) in [7, 11) is 3.07. The van der Waals surface area contributed by atoms with Crippen molar-refractivity contribution in [2.75, 3.05) is 19.5 Å². The summed E-state index contributed by atoms with van der Waals surface area (Å²) in [6.45, 7) is 0.416. The van der Waals surface area contributed by atoms with E-state index in [2.05, 4.69) is 10.6 Å². The van der Waals surface area contributed by atoms with Crippen LogP contribution in [0.3, 0.4) is 0 Å². The van der Waals surface area contributed by atoms with Crippen molar-refractivity contribution in [2.24, 2.45) is 0 Å². The van der Waals surface area contributed by atoms with Crippen LogP contribution in [-0.2, 0) is 6.54 Å². The molecule has 0 fully saturated rings. The van der Waals surface area contributed by atoms with Crippen LogP contribution in [0.25, 0.3) is 0 Å². The van der Waals surface area contributed by atoms with Gasteiger partial charge in [0, 0.05) is 23.7 Å². The van der Waals surface area contributed by atoms with E-state index >= 15 is 0 Å². The van der Waals surface area contributed by atoms with Crippen LogP contribution in [0.15, 0.2) is 72.8 Å². The summed E-state index contributed by atoms with van der Waals surface area (Å²) in [6, 6.07) is 21.3. The highest BCUT2D eigenvalue weighted by molar-refractivity contribution is 6.06. The van der Waals surface area contributed by atoms with E-state index in [0.717, 1.165) is 5.56 Å². The van der Waals surface area contributed by atoms with Gasteiger partial charge in [0.25, 0.3) is 11.8 Å². The molecule has 0 saturated heterocycles. The van der Waals surface area contributed by atoms with Gasteiger partial charge in [-0.05, 0) is 35.9 Å². The van der Waals surface area contributed by atoms with Crippen molar-refractivity contribution in [3.8, 4) is 11.5 Å². The summed E-state index contributed by atoms with van der Waals surface area (Å²) in [5.41, 5.74) is 2.30. The molecule has 6 nitrogen and oxygen atoms in total. The summed E-state index contributed by atoms with van der Waals surface area (Å²) in [5.74, 6) is 0.517. The van der Waals surface area contributed by atoms with Crippen molar-refractivity contribution in [3.05, 3.63) is 89.5 Å². The Morgan fingerprint density at radius 3 is 2.21 bits per heavy atom. The maximum Gasteiger partial charge on any atom is 0.255 e. The molecule has 0 bridgehead atoms. The first kappa shape index (κ1) is 19.9. The van der Waals surface area contributed by atoms with E-state index in [4.69, 9.17) is 9.47 Å². The molecule has 0 aromatic heterocycles. The molecule has 29 heavy (non-hydrogen) atoms. The molecule has 3 aromatic carbocycles. The molecule has 6 heteroatoms. The zero-order valence-corrected chi connectivity index (χ0v) is 16.3. The van der Waals surface area contributed by atoms with Gasteiger partial charge in [-0.25, -0.2) is 0 Å². The first-order valence-corrected chi connectivity index (χ1v) is 9.06. The predicted molar refractivity (Wildman–Crippen MR) is 112 cm³/mol.